The molecule has 0 aromatic heterocycles. The average molecular weight is 580 g/mol. The molecule has 2 heterocycles. The van der Waals surface area contributed by atoms with Crippen LogP contribution in [0, 0.1) is 0 Å². The Bertz CT molecular complexity index is 813. The number of aliphatic imine (C=N–C) groups is 1. The van der Waals surface area contributed by atoms with Crippen molar-refractivity contribution in [1.82, 2.24) is 10.6 Å². The van der Waals surface area contributed by atoms with Gasteiger partial charge >= 0.3 is 0 Å². The molecule has 1 saturated carbocycles. The van der Waals surface area contributed by atoms with Crippen molar-refractivity contribution >= 4 is 5.84 Å². The highest BCUT2D eigenvalue weighted by Crippen LogP contribution is 2.33. The molecule has 234 valence electrons. The van der Waals surface area contributed by atoms with Gasteiger partial charge in [-0.15, -0.1) is 0 Å². The summed E-state index contributed by atoms with van der Waals surface area (Å²) in [5.74, 6) is -0.156. The number of nitrogens with zero attached hydrogens (tertiary/aromatic N) is 1. The minimum Gasteiger partial charge on any atom is -0.395 e. The molecule has 15 N–H and O–H groups in total. The van der Waals surface area contributed by atoms with Crippen molar-refractivity contribution in [2.75, 3.05) is 39.9 Å². The lowest BCUT2D eigenvalue weighted by Gasteiger charge is -2.48. The lowest BCUT2D eigenvalue weighted by Crippen LogP contribution is -2.67. The largest absolute Gasteiger partial charge is 0.395 e. The predicted octanol–water partition coefficient (Wildman–Crippen LogP) is -5.64. The number of ether oxygens (including phenoxy) is 4. The van der Waals surface area contributed by atoms with Gasteiger partial charge in [0.2, 0.25) is 0 Å². The number of rotatable bonds is 12. The first kappa shape index (κ1) is 33.4. The fraction of sp³-hybridized carbons (Fsp3) is 0.958. The molecule has 2 aliphatic heterocycles. The monoisotopic (exact) mass is 579 g/mol. The van der Waals surface area contributed by atoms with E-state index in [1.807, 2.05) is 0 Å². The first-order chi connectivity index (χ1) is 18.9. The highest BCUT2D eigenvalue weighted by atomic mass is 16.7. The van der Waals surface area contributed by atoms with Gasteiger partial charge in [0, 0.05) is 25.7 Å². The number of aliphatic hydroxyl groups excluding tert-OH is 4. The molecule has 3 rings (SSSR count). The molecule has 0 amide bonds. The minimum absolute atomic E-state index is 0.000836. The second-order valence-corrected chi connectivity index (χ2v) is 11.1. The summed E-state index contributed by atoms with van der Waals surface area (Å²) in [5, 5.41) is 58.1. The van der Waals surface area contributed by atoms with Gasteiger partial charge in [-0.05, 0) is 33.2 Å². The van der Waals surface area contributed by atoms with Crippen LogP contribution in [0.2, 0.25) is 0 Å². The average Bonchev–Trinajstić information content (AvgIpc) is 2.91. The van der Waals surface area contributed by atoms with Crippen LogP contribution >= 0.6 is 0 Å². The van der Waals surface area contributed by atoms with E-state index in [1.165, 1.54) is 6.92 Å². The van der Waals surface area contributed by atoms with E-state index in [2.05, 4.69) is 15.6 Å². The second-order valence-electron chi connectivity index (χ2n) is 11.1. The fourth-order valence-electron chi connectivity index (χ4n) is 5.47. The Morgan fingerprint density at radius 2 is 1.82 bits per heavy atom. The third-order valence-corrected chi connectivity index (χ3v) is 7.75. The van der Waals surface area contributed by atoms with Crippen LogP contribution < -0.4 is 33.6 Å². The molecule has 40 heavy (non-hydrogen) atoms. The summed E-state index contributed by atoms with van der Waals surface area (Å²) in [6, 6.07) is -2.87. The Morgan fingerprint density at radius 1 is 1.12 bits per heavy atom. The predicted molar refractivity (Wildman–Crippen MR) is 144 cm³/mol. The number of hydrogen-bond donors (Lipinski definition) is 11. The first-order valence-electron chi connectivity index (χ1n) is 13.8. The topological polar surface area (TPSA) is 279 Å². The zero-order chi connectivity index (χ0) is 29.6. The van der Waals surface area contributed by atoms with Crippen LogP contribution in [0.15, 0.2) is 4.99 Å². The van der Waals surface area contributed by atoms with Gasteiger partial charge in [0.25, 0.3) is 0 Å². The number of amidine groups is 1. The number of hydrogen-bond acceptors (Lipinski definition) is 15. The van der Waals surface area contributed by atoms with Crippen molar-refractivity contribution in [3.05, 3.63) is 0 Å². The maximum Gasteiger partial charge on any atom is 0.185 e. The molecule has 1 aliphatic carbocycles. The molecule has 0 spiro atoms. The van der Waals surface area contributed by atoms with Crippen molar-refractivity contribution in [2.24, 2.45) is 27.9 Å². The molecule has 0 radical (unpaired) electrons. The van der Waals surface area contributed by atoms with Gasteiger partial charge in [-0.25, -0.2) is 0 Å². The van der Waals surface area contributed by atoms with Crippen LogP contribution in [0.4, 0.5) is 0 Å². The van der Waals surface area contributed by atoms with Crippen LogP contribution in [-0.2, 0) is 18.9 Å². The van der Waals surface area contributed by atoms with Crippen LogP contribution in [0.3, 0.4) is 0 Å². The SMILES string of the molecule is CN[C@@H]1C(O)[C@@H](OC2C(O)C(O[C@H]3O[C@H](CNCCO)CCC3N)[C@@H](N)C[C@H]2N=C(N)C(O)CN)OCC1(C)O. The molecule has 2 saturated heterocycles. The van der Waals surface area contributed by atoms with Gasteiger partial charge in [-0.3, -0.25) is 4.99 Å². The maximum absolute atomic E-state index is 11.5. The van der Waals surface area contributed by atoms with E-state index >= 15 is 0 Å². The van der Waals surface area contributed by atoms with Crippen LogP contribution in [0.1, 0.15) is 26.2 Å². The van der Waals surface area contributed by atoms with E-state index in [1.54, 1.807) is 7.05 Å². The van der Waals surface area contributed by atoms with E-state index < -0.39 is 72.9 Å². The van der Waals surface area contributed by atoms with Gasteiger partial charge in [0.15, 0.2) is 12.6 Å². The summed E-state index contributed by atoms with van der Waals surface area (Å²) >= 11 is 0. The second kappa shape index (κ2) is 14.9. The van der Waals surface area contributed by atoms with Crippen molar-refractivity contribution in [3.8, 4) is 0 Å². The summed E-state index contributed by atoms with van der Waals surface area (Å²) < 4.78 is 23.9. The Hall–Kier alpha value is -1.09. The standard InChI is InChI=1S/C24H49N7O9/c1-24(36)10-37-23(17(35)20(24)29-2)40-19-14(31-21(28)15(33)8-25)7-13(27)18(16(19)34)39-22-12(26)4-3-11(38-22)9-30-5-6-32/h11-20,22-23,29-30,32-36H,3-10,25-27H2,1-2H3,(H2,28,31)/t11-,12?,13-,14+,15?,16?,17?,18?,19?,20+,22+,23+,24?/m0/s1. The number of likely N-dealkylation sites (N-methyl/N-ethyl adjacent to an activating group) is 1. The maximum atomic E-state index is 11.5. The third-order valence-electron chi connectivity index (χ3n) is 7.75. The van der Waals surface area contributed by atoms with Gasteiger partial charge in [0.1, 0.15) is 42.0 Å². The Kier molecular flexibility index (Phi) is 12.4. The normalized spacial score (nSPS) is 44.0. The molecule has 16 heteroatoms. The lowest BCUT2D eigenvalue weighted by molar-refractivity contribution is -0.306. The molecule has 3 aliphatic rings. The lowest BCUT2D eigenvalue weighted by atomic mass is 9.83. The van der Waals surface area contributed by atoms with Gasteiger partial charge < -0.3 is 78.0 Å². The first-order valence-corrected chi connectivity index (χ1v) is 13.8. The summed E-state index contributed by atoms with van der Waals surface area (Å²) in [6.45, 7) is 2.12. The van der Waals surface area contributed by atoms with Gasteiger partial charge in [-0.2, -0.15) is 0 Å². The molecular formula is C24H49N7O9. The van der Waals surface area contributed by atoms with Crippen LogP contribution in [0.5, 0.6) is 0 Å². The quantitative estimate of drug-likeness (QED) is 0.0584. The van der Waals surface area contributed by atoms with Crippen LogP contribution in [0.25, 0.3) is 0 Å². The zero-order valence-electron chi connectivity index (χ0n) is 23.2. The zero-order valence-corrected chi connectivity index (χ0v) is 23.2. The summed E-state index contributed by atoms with van der Waals surface area (Å²) in [4.78, 5) is 4.35. The van der Waals surface area contributed by atoms with E-state index in [-0.39, 0.29) is 38.1 Å². The molecule has 13 atom stereocenters. The smallest absolute Gasteiger partial charge is 0.185 e. The Labute approximate surface area is 234 Å². The van der Waals surface area contributed by atoms with Gasteiger partial charge in [-0.1, -0.05) is 0 Å². The molecule has 7 unspecified atom stereocenters. The Morgan fingerprint density at radius 3 is 2.48 bits per heavy atom. The van der Waals surface area contributed by atoms with Gasteiger partial charge in [0.05, 0.1) is 37.4 Å². The van der Waals surface area contributed by atoms with Crippen molar-refractivity contribution in [1.29, 1.82) is 0 Å². The van der Waals surface area contributed by atoms with E-state index in [9.17, 15) is 20.4 Å². The minimum atomic E-state index is -1.39. The summed E-state index contributed by atoms with van der Waals surface area (Å²) in [6.07, 6.45) is -6.96. The molecular weight excluding hydrogens is 530 g/mol. The Balaban J connectivity index is 1.81. The van der Waals surface area contributed by atoms with Crippen LogP contribution in [-0.4, -0.2) is 150 Å². The number of aliphatic hydroxyl groups is 5. The van der Waals surface area contributed by atoms with E-state index in [4.69, 9.17) is 47.0 Å². The van der Waals surface area contributed by atoms with Crippen molar-refractivity contribution < 1.29 is 44.5 Å². The van der Waals surface area contributed by atoms with Crippen molar-refractivity contribution in [3.63, 3.8) is 0 Å². The van der Waals surface area contributed by atoms with E-state index in [0.29, 0.717) is 25.9 Å². The molecule has 0 aromatic carbocycles. The highest BCUT2D eigenvalue weighted by molar-refractivity contribution is 5.85. The summed E-state index contributed by atoms with van der Waals surface area (Å²) in [5.41, 5.74) is 22.8. The fourth-order valence-corrected chi connectivity index (χ4v) is 5.47. The molecule has 0 bridgehead atoms. The number of nitrogens with one attached hydrogen (secondary N) is 2. The number of nitrogens with two attached hydrogens (primary N) is 4. The molecule has 3 fully saturated rings. The van der Waals surface area contributed by atoms with Crippen molar-refractivity contribution in [2.45, 2.75) is 105 Å². The molecule has 0 aromatic rings. The third kappa shape index (κ3) is 8.05. The molecule has 16 nitrogen and oxygen atoms in total. The highest BCUT2D eigenvalue weighted by Gasteiger charge is 2.51. The van der Waals surface area contributed by atoms with E-state index in [0.717, 1.165) is 0 Å². The summed E-state index contributed by atoms with van der Waals surface area (Å²) in [7, 11) is 1.59.